The van der Waals surface area contributed by atoms with Gasteiger partial charge in [-0.15, -0.1) is 0 Å². The summed E-state index contributed by atoms with van der Waals surface area (Å²) in [7, 11) is 0. The first kappa shape index (κ1) is 31.3. The van der Waals surface area contributed by atoms with Gasteiger partial charge < -0.3 is 10.6 Å². The van der Waals surface area contributed by atoms with Gasteiger partial charge in [-0.3, -0.25) is 9.59 Å². The van der Waals surface area contributed by atoms with Crippen molar-refractivity contribution in [1.29, 1.82) is 0 Å². The molecular formula is C42H40N4O2. The third kappa shape index (κ3) is 6.06. The molecule has 0 radical (unpaired) electrons. The van der Waals surface area contributed by atoms with Crippen molar-refractivity contribution in [3.05, 3.63) is 130 Å². The summed E-state index contributed by atoms with van der Waals surface area (Å²) in [6.45, 7) is 8.11. The van der Waals surface area contributed by atoms with Crippen LogP contribution in [-0.2, 0) is 0 Å². The Labute approximate surface area is 281 Å². The van der Waals surface area contributed by atoms with Crippen LogP contribution in [0.2, 0.25) is 0 Å². The van der Waals surface area contributed by atoms with Crippen LogP contribution in [0.5, 0.6) is 0 Å². The van der Waals surface area contributed by atoms with E-state index in [9.17, 15) is 9.59 Å². The van der Waals surface area contributed by atoms with Crippen LogP contribution in [0.1, 0.15) is 68.7 Å². The van der Waals surface area contributed by atoms with Crippen LogP contribution in [-0.4, -0.2) is 33.9 Å². The van der Waals surface area contributed by atoms with Crippen molar-refractivity contribution in [2.24, 2.45) is 0 Å². The van der Waals surface area contributed by atoms with Gasteiger partial charge in [-0.25, -0.2) is 9.97 Å². The molecule has 6 aromatic rings. The predicted molar refractivity (Wildman–Crippen MR) is 194 cm³/mol. The smallest absolute Gasteiger partial charge is 0.252 e. The van der Waals surface area contributed by atoms with Gasteiger partial charge in [0.05, 0.1) is 33.5 Å². The summed E-state index contributed by atoms with van der Waals surface area (Å²) in [6, 6.07) is 32.3. The van der Waals surface area contributed by atoms with Gasteiger partial charge in [0, 0.05) is 34.0 Å². The van der Waals surface area contributed by atoms with Crippen LogP contribution in [0.4, 0.5) is 0 Å². The van der Waals surface area contributed by atoms with Gasteiger partial charge in [0.2, 0.25) is 0 Å². The van der Waals surface area contributed by atoms with E-state index in [4.69, 9.17) is 9.97 Å². The minimum Gasteiger partial charge on any atom is -0.349 e. The third-order valence-corrected chi connectivity index (χ3v) is 9.77. The molecule has 0 atom stereocenters. The average Bonchev–Trinajstić information content (AvgIpc) is 3.09. The molecule has 2 amide bonds. The van der Waals surface area contributed by atoms with Crippen LogP contribution in [0.3, 0.4) is 0 Å². The second kappa shape index (κ2) is 13.0. The maximum atomic E-state index is 13.9. The van der Waals surface area contributed by atoms with Crippen molar-refractivity contribution in [2.45, 2.75) is 65.5 Å². The molecule has 0 spiro atoms. The fourth-order valence-corrected chi connectivity index (χ4v) is 7.08. The highest BCUT2D eigenvalue weighted by molar-refractivity contribution is 6.10. The van der Waals surface area contributed by atoms with E-state index in [1.807, 2.05) is 62.4 Å². The summed E-state index contributed by atoms with van der Waals surface area (Å²) in [6.07, 6.45) is 3.14. The molecule has 48 heavy (non-hydrogen) atoms. The summed E-state index contributed by atoms with van der Waals surface area (Å²) in [5.74, 6) is -0.149. The normalized spacial score (nSPS) is 16.2. The van der Waals surface area contributed by atoms with Crippen molar-refractivity contribution < 1.29 is 9.59 Å². The summed E-state index contributed by atoms with van der Waals surface area (Å²) in [5.41, 5.74) is 10.7. The number of para-hydroxylation sites is 2. The minimum absolute atomic E-state index is 0.0245. The summed E-state index contributed by atoms with van der Waals surface area (Å²) >= 11 is 0. The maximum absolute atomic E-state index is 13.9. The molecule has 7 rings (SSSR count). The highest BCUT2D eigenvalue weighted by Crippen LogP contribution is 2.32. The van der Waals surface area contributed by atoms with Gasteiger partial charge in [-0.05, 0) is 76.6 Å². The van der Waals surface area contributed by atoms with Gasteiger partial charge in [-0.2, -0.15) is 0 Å². The van der Waals surface area contributed by atoms with E-state index >= 15 is 0 Å². The van der Waals surface area contributed by atoms with Gasteiger partial charge in [0.1, 0.15) is 0 Å². The number of nitrogens with zero attached hydrogens (tertiary/aromatic N) is 2. The zero-order valence-corrected chi connectivity index (χ0v) is 27.9. The van der Waals surface area contributed by atoms with E-state index in [0.717, 1.165) is 81.1 Å². The van der Waals surface area contributed by atoms with Gasteiger partial charge in [0.15, 0.2) is 0 Å². The molecule has 6 heteroatoms. The Morgan fingerprint density at radius 1 is 0.521 bits per heavy atom. The number of aryl methyl sites for hydroxylation is 2. The fourth-order valence-electron chi connectivity index (χ4n) is 7.08. The van der Waals surface area contributed by atoms with Crippen LogP contribution >= 0.6 is 0 Å². The Bertz CT molecular complexity index is 2010. The predicted octanol–water partition coefficient (Wildman–Crippen LogP) is 8.82. The van der Waals surface area contributed by atoms with Crippen molar-refractivity contribution >= 4 is 33.6 Å². The average molecular weight is 633 g/mol. The molecule has 2 heterocycles. The molecule has 6 nitrogen and oxygen atoms in total. The molecule has 1 aliphatic carbocycles. The van der Waals surface area contributed by atoms with Crippen LogP contribution in [0.15, 0.2) is 97.1 Å². The fraction of sp³-hybridized carbons (Fsp3) is 0.238. The zero-order valence-electron chi connectivity index (χ0n) is 27.9. The number of amides is 2. The SMILES string of the molecule is Cc1ccc(-c2nc3ccccc3c(C(=O)NC3CCC(NC(=O)c4c(C)c(-c5ccc(C)cc5)nc5ccccc45)CC3)c2C)cc1. The van der Waals surface area contributed by atoms with Gasteiger partial charge in [-0.1, -0.05) is 96.1 Å². The maximum Gasteiger partial charge on any atom is 0.252 e. The number of aromatic nitrogens is 2. The highest BCUT2D eigenvalue weighted by atomic mass is 16.2. The highest BCUT2D eigenvalue weighted by Gasteiger charge is 2.28. The lowest BCUT2D eigenvalue weighted by Gasteiger charge is -2.30. The van der Waals surface area contributed by atoms with Crippen molar-refractivity contribution in [1.82, 2.24) is 20.6 Å². The van der Waals surface area contributed by atoms with Crippen LogP contribution in [0, 0.1) is 27.7 Å². The number of nitrogens with one attached hydrogen (secondary N) is 2. The van der Waals surface area contributed by atoms with Crippen molar-refractivity contribution in [3.8, 4) is 22.5 Å². The lowest BCUT2D eigenvalue weighted by Crippen LogP contribution is -2.44. The molecule has 1 fully saturated rings. The molecule has 0 unspecified atom stereocenters. The van der Waals surface area contributed by atoms with Crippen molar-refractivity contribution in [3.63, 3.8) is 0 Å². The number of pyridine rings is 2. The van der Waals surface area contributed by atoms with E-state index < -0.39 is 0 Å². The quantitative estimate of drug-likeness (QED) is 0.192. The van der Waals surface area contributed by atoms with E-state index in [-0.39, 0.29) is 23.9 Å². The van der Waals surface area contributed by atoms with Crippen molar-refractivity contribution in [2.75, 3.05) is 0 Å². The molecular weight excluding hydrogens is 592 g/mol. The number of hydrogen-bond donors (Lipinski definition) is 2. The molecule has 2 aromatic heterocycles. The van der Waals surface area contributed by atoms with E-state index in [2.05, 4.69) is 73.0 Å². The Morgan fingerprint density at radius 3 is 1.25 bits per heavy atom. The Kier molecular flexibility index (Phi) is 8.49. The lowest BCUT2D eigenvalue weighted by atomic mass is 9.89. The largest absolute Gasteiger partial charge is 0.349 e. The number of benzene rings is 4. The van der Waals surface area contributed by atoms with Gasteiger partial charge in [0.25, 0.3) is 11.8 Å². The zero-order chi connectivity index (χ0) is 33.4. The first-order chi connectivity index (χ1) is 23.3. The molecule has 0 aliphatic heterocycles. The lowest BCUT2D eigenvalue weighted by molar-refractivity contribution is 0.0893. The standard InChI is InChI=1S/C42H40N4O2/c1-25-13-17-29(18-14-25)39-27(3)37(33-9-5-7-11-35(33)45-39)41(47)43-31-21-23-32(24-22-31)44-42(48)38-28(4)40(30-19-15-26(2)16-20-30)46-36-12-8-6-10-34(36)38/h5-20,31-32H,21-24H2,1-4H3,(H,43,47)(H,44,48). The summed E-state index contributed by atoms with van der Waals surface area (Å²) in [5, 5.41) is 8.38. The van der Waals surface area contributed by atoms with E-state index in [0.29, 0.717) is 11.1 Å². The second-order valence-electron chi connectivity index (χ2n) is 13.2. The summed E-state index contributed by atoms with van der Waals surface area (Å²) in [4.78, 5) is 37.8. The molecule has 4 aromatic carbocycles. The van der Waals surface area contributed by atoms with E-state index in [1.165, 1.54) is 11.1 Å². The van der Waals surface area contributed by atoms with E-state index in [1.54, 1.807) is 0 Å². The molecule has 240 valence electrons. The number of carbonyl (C=O) groups excluding carboxylic acids is 2. The summed E-state index contributed by atoms with van der Waals surface area (Å²) < 4.78 is 0. The number of carbonyl (C=O) groups is 2. The Morgan fingerprint density at radius 2 is 0.875 bits per heavy atom. The molecule has 0 saturated heterocycles. The molecule has 0 bridgehead atoms. The second-order valence-corrected chi connectivity index (χ2v) is 13.2. The monoisotopic (exact) mass is 632 g/mol. The third-order valence-electron chi connectivity index (χ3n) is 9.77. The number of rotatable bonds is 6. The minimum atomic E-state index is -0.0746. The Balaban J connectivity index is 1.08. The first-order valence-electron chi connectivity index (χ1n) is 16.8. The number of fused-ring (bicyclic) bond motifs is 2. The molecule has 2 N–H and O–H groups in total. The van der Waals surface area contributed by atoms with Crippen LogP contribution in [0.25, 0.3) is 44.3 Å². The Hall–Kier alpha value is -5.36. The molecule has 1 aliphatic rings. The number of hydrogen-bond acceptors (Lipinski definition) is 4. The topological polar surface area (TPSA) is 84.0 Å². The van der Waals surface area contributed by atoms with Gasteiger partial charge >= 0.3 is 0 Å². The molecule has 1 saturated carbocycles. The first-order valence-corrected chi connectivity index (χ1v) is 16.8. The van der Waals surface area contributed by atoms with Crippen LogP contribution < -0.4 is 10.6 Å².